The maximum Gasteiger partial charge on any atom is 0.240 e. The number of carbonyl (C=O) groups excluding carboxylic acids is 2. The van der Waals surface area contributed by atoms with E-state index in [1.807, 2.05) is 24.3 Å². The van der Waals surface area contributed by atoms with Gasteiger partial charge in [-0.05, 0) is 47.4 Å². The minimum atomic E-state index is -3.73. The smallest absolute Gasteiger partial charge is 0.240 e. The lowest BCUT2D eigenvalue weighted by Crippen LogP contribution is -2.29. The van der Waals surface area contributed by atoms with Crippen LogP contribution < -0.4 is 14.4 Å². The Morgan fingerprint density at radius 1 is 0.933 bits per heavy atom. The Labute approximate surface area is 177 Å². The maximum absolute atomic E-state index is 12.4. The van der Waals surface area contributed by atoms with Crippen LogP contribution in [0.2, 0.25) is 0 Å². The van der Waals surface area contributed by atoms with Crippen molar-refractivity contribution in [3.8, 4) is 5.75 Å². The van der Waals surface area contributed by atoms with E-state index in [0.29, 0.717) is 11.4 Å². The third-order valence-electron chi connectivity index (χ3n) is 4.84. The largest absolute Gasteiger partial charge is 0.492 e. The number of anilines is 1. The first-order valence-electron chi connectivity index (χ1n) is 9.77. The molecular formula is C22H26N2O5S. The second-order valence-corrected chi connectivity index (χ2v) is 9.90. The van der Waals surface area contributed by atoms with E-state index in [0.717, 1.165) is 4.90 Å². The lowest BCUT2D eigenvalue weighted by atomic mass is 9.87. The molecule has 0 spiro atoms. The van der Waals surface area contributed by atoms with Crippen molar-refractivity contribution >= 4 is 27.5 Å². The molecule has 1 heterocycles. The van der Waals surface area contributed by atoms with Gasteiger partial charge < -0.3 is 4.74 Å². The van der Waals surface area contributed by atoms with Gasteiger partial charge in [-0.1, -0.05) is 32.9 Å². The lowest BCUT2D eigenvalue weighted by molar-refractivity contribution is -0.121. The molecule has 3 rings (SSSR count). The summed E-state index contributed by atoms with van der Waals surface area (Å²) in [5.41, 5.74) is 1.62. The topological polar surface area (TPSA) is 92.8 Å². The van der Waals surface area contributed by atoms with Gasteiger partial charge in [0.25, 0.3) is 0 Å². The first-order valence-corrected chi connectivity index (χ1v) is 11.3. The fourth-order valence-corrected chi connectivity index (χ4v) is 4.13. The maximum atomic E-state index is 12.4. The molecule has 7 nitrogen and oxygen atoms in total. The zero-order valence-electron chi connectivity index (χ0n) is 17.3. The van der Waals surface area contributed by atoms with Gasteiger partial charge >= 0.3 is 0 Å². The summed E-state index contributed by atoms with van der Waals surface area (Å²) in [5.74, 6) is 0.120. The lowest BCUT2D eigenvalue weighted by Gasteiger charge is -2.19. The first-order chi connectivity index (χ1) is 14.1. The van der Waals surface area contributed by atoms with Gasteiger partial charge in [-0.3, -0.25) is 14.5 Å². The predicted molar refractivity (Wildman–Crippen MR) is 114 cm³/mol. The molecule has 0 atom stereocenters. The minimum absolute atomic E-state index is 0.0546. The van der Waals surface area contributed by atoms with Crippen LogP contribution in [0.3, 0.4) is 0 Å². The van der Waals surface area contributed by atoms with Crippen molar-refractivity contribution in [3.05, 3.63) is 54.1 Å². The molecule has 0 radical (unpaired) electrons. The van der Waals surface area contributed by atoms with Crippen LogP contribution in [0.5, 0.6) is 5.75 Å². The van der Waals surface area contributed by atoms with E-state index in [4.69, 9.17) is 4.74 Å². The van der Waals surface area contributed by atoms with Crippen molar-refractivity contribution in [2.75, 3.05) is 18.1 Å². The number of sulfonamides is 1. The molecule has 0 unspecified atom stereocenters. The molecule has 1 fully saturated rings. The highest BCUT2D eigenvalue weighted by Crippen LogP contribution is 2.25. The zero-order valence-corrected chi connectivity index (χ0v) is 18.2. The summed E-state index contributed by atoms with van der Waals surface area (Å²) >= 11 is 0. The highest BCUT2D eigenvalue weighted by atomic mass is 32.2. The molecule has 2 aromatic carbocycles. The van der Waals surface area contributed by atoms with Gasteiger partial charge in [-0.25, -0.2) is 13.1 Å². The molecule has 1 N–H and O–H groups in total. The molecular weight excluding hydrogens is 404 g/mol. The SMILES string of the molecule is CC(C)(C)c1ccc(OCCNS(=O)(=O)c2ccc(N3C(=O)CCC3=O)cc2)cc1. The van der Waals surface area contributed by atoms with E-state index in [9.17, 15) is 18.0 Å². The highest BCUT2D eigenvalue weighted by molar-refractivity contribution is 7.89. The van der Waals surface area contributed by atoms with Crippen molar-refractivity contribution in [2.45, 2.75) is 43.9 Å². The summed E-state index contributed by atoms with van der Waals surface area (Å²) in [6, 6.07) is 13.4. The van der Waals surface area contributed by atoms with E-state index < -0.39 is 10.0 Å². The van der Waals surface area contributed by atoms with Crippen LogP contribution in [0.25, 0.3) is 0 Å². The first kappa shape index (κ1) is 22.0. The normalized spacial score (nSPS) is 15.0. The summed E-state index contributed by atoms with van der Waals surface area (Å²) in [6.45, 7) is 6.68. The molecule has 2 amide bonds. The van der Waals surface area contributed by atoms with Gasteiger partial charge in [0.2, 0.25) is 21.8 Å². The Morgan fingerprint density at radius 2 is 1.50 bits per heavy atom. The number of hydrogen-bond acceptors (Lipinski definition) is 5. The summed E-state index contributed by atoms with van der Waals surface area (Å²) in [7, 11) is -3.73. The van der Waals surface area contributed by atoms with Crippen LogP contribution in [0.4, 0.5) is 5.69 Å². The van der Waals surface area contributed by atoms with Gasteiger partial charge in [-0.15, -0.1) is 0 Å². The average molecular weight is 431 g/mol. The summed E-state index contributed by atoms with van der Waals surface area (Å²) in [4.78, 5) is 24.7. The Kier molecular flexibility index (Phi) is 6.28. The van der Waals surface area contributed by atoms with E-state index in [-0.39, 0.29) is 48.1 Å². The fraction of sp³-hybridized carbons (Fsp3) is 0.364. The van der Waals surface area contributed by atoms with E-state index in [1.54, 1.807) is 0 Å². The number of rotatable bonds is 7. The molecule has 1 aliphatic heterocycles. The number of nitrogens with one attached hydrogen (secondary N) is 1. The minimum Gasteiger partial charge on any atom is -0.492 e. The van der Waals surface area contributed by atoms with Gasteiger partial charge in [0.05, 0.1) is 10.6 Å². The number of nitrogens with zero attached hydrogens (tertiary/aromatic N) is 1. The quantitative estimate of drug-likeness (QED) is 0.538. The number of hydrogen-bond donors (Lipinski definition) is 1. The average Bonchev–Trinajstić information content (AvgIpc) is 3.03. The van der Waals surface area contributed by atoms with Crippen molar-refractivity contribution in [2.24, 2.45) is 0 Å². The van der Waals surface area contributed by atoms with Crippen LogP contribution in [0, 0.1) is 0 Å². The Bertz CT molecular complexity index is 1010. The molecule has 8 heteroatoms. The molecule has 30 heavy (non-hydrogen) atoms. The predicted octanol–water partition coefficient (Wildman–Crippen LogP) is 2.99. The Morgan fingerprint density at radius 3 is 2.03 bits per heavy atom. The molecule has 0 aliphatic carbocycles. The molecule has 0 bridgehead atoms. The summed E-state index contributed by atoms with van der Waals surface area (Å²) < 4.78 is 33.0. The van der Waals surface area contributed by atoms with Gasteiger partial charge in [0.1, 0.15) is 12.4 Å². The molecule has 2 aromatic rings. The van der Waals surface area contributed by atoms with Gasteiger partial charge in [0, 0.05) is 19.4 Å². The van der Waals surface area contributed by atoms with Gasteiger partial charge in [-0.2, -0.15) is 0 Å². The third kappa shape index (κ3) is 5.06. The second-order valence-electron chi connectivity index (χ2n) is 8.14. The number of ether oxygens (including phenoxy) is 1. The van der Waals surface area contributed by atoms with E-state index >= 15 is 0 Å². The molecule has 0 saturated carbocycles. The van der Waals surface area contributed by atoms with Crippen molar-refractivity contribution in [3.63, 3.8) is 0 Å². The zero-order chi connectivity index (χ0) is 21.9. The van der Waals surface area contributed by atoms with Crippen molar-refractivity contribution in [1.29, 1.82) is 0 Å². The number of benzene rings is 2. The summed E-state index contributed by atoms with van der Waals surface area (Å²) in [6.07, 6.45) is 0.360. The standard InChI is InChI=1S/C22H26N2O5S/c1-22(2,3)16-4-8-18(9-5-16)29-15-14-23-30(27,28)19-10-6-17(7-11-19)24-20(25)12-13-21(24)26/h4-11,23H,12-15H2,1-3H3. The van der Waals surface area contributed by atoms with Crippen LogP contribution in [0.1, 0.15) is 39.2 Å². The molecule has 0 aromatic heterocycles. The Balaban J connectivity index is 1.54. The molecule has 160 valence electrons. The summed E-state index contributed by atoms with van der Waals surface area (Å²) in [5, 5.41) is 0. The number of amides is 2. The molecule has 1 aliphatic rings. The van der Waals surface area contributed by atoms with Crippen molar-refractivity contribution < 1.29 is 22.7 Å². The number of imide groups is 1. The van der Waals surface area contributed by atoms with Gasteiger partial charge in [0.15, 0.2) is 0 Å². The van der Waals surface area contributed by atoms with Crippen LogP contribution in [-0.4, -0.2) is 33.4 Å². The third-order valence-corrected chi connectivity index (χ3v) is 6.32. The van der Waals surface area contributed by atoms with Crippen LogP contribution >= 0.6 is 0 Å². The Hall–Kier alpha value is -2.71. The van der Waals surface area contributed by atoms with Crippen LogP contribution in [0.15, 0.2) is 53.4 Å². The van der Waals surface area contributed by atoms with Crippen LogP contribution in [-0.2, 0) is 25.0 Å². The number of carbonyl (C=O) groups is 2. The highest BCUT2D eigenvalue weighted by Gasteiger charge is 2.30. The van der Waals surface area contributed by atoms with E-state index in [2.05, 4.69) is 25.5 Å². The van der Waals surface area contributed by atoms with Crippen molar-refractivity contribution in [1.82, 2.24) is 4.72 Å². The fourth-order valence-electron chi connectivity index (χ4n) is 3.12. The van der Waals surface area contributed by atoms with E-state index in [1.165, 1.54) is 29.8 Å². The second kappa shape index (κ2) is 8.57. The monoisotopic (exact) mass is 430 g/mol. The molecule has 1 saturated heterocycles.